The molecule has 4 N–H and O–H groups in total. The number of nitrogens with two attached hydrogens (primary N) is 1. The lowest BCUT2D eigenvalue weighted by Crippen LogP contribution is -2.26. The molecule has 0 unspecified atom stereocenters. The molecule has 12 aromatic rings. The Balaban J connectivity index is 0.000000175. The highest BCUT2D eigenvalue weighted by Crippen LogP contribution is 2.33. The number of carbonyl (C=O) groups is 4. The van der Waals surface area contributed by atoms with E-state index in [1.54, 1.807) is 18.2 Å². The zero-order chi connectivity index (χ0) is 66.5. The first-order valence-corrected chi connectivity index (χ1v) is 31.6. The lowest BCUT2D eigenvalue weighted by atomic mass is 9.98. The molecular formula is C82H82N4O7. The molecule has 0 spiro atoms. The highest BCUT2D eigenvalue weighted by molar-refractivity contribution is 6.01. The minimum absolute atomic E-state index is 0.0883. The van der Waals surface area contributed by atoms with Gasteiger partial charge in [-0.3, -0.25) is 4.79 Å². The van der Waals surface area contributed by atoms with Gasteiger partial charge in [-0.1, -0.05) is 158 Å². The molecular weight excluding hydrogens is 1150 g/mol. The van der Waals surface area contributed by atoms with Crippen molar-refractivity contribution < 1.29 is 33.8 Å². The Kier molecular flexibility index (Phi) is 19.5. The first-order chi connectivity index (χ1) is 44.3. The van der Waals surface area contributed by atoms with Gasteiger partial charge in [-0.15, -0.1) is 0 Å². The van der Waals surface area contributed by atoms with Gasteiger partial charge in [0, 0.05) is 57.9 Å². The van der Waals surface area contributed by atoms with Crippen LogP contribution in [0.4, 0.5) is 0 Å². The molecule has 0 aliphatic rings. The first kappa shape index (κ1) is 65.6. The molecule has 0 radical (unpaired) electrons. The van der Waals surface area contributed by atoms with Crippen molar-refractivity contribution in [3.63, 3.8) is 0 Å². The standard InChI is InChI=1S/C41H40N2O3.C29H29NO4.C12H13N/c1-26-28(3)43(25-29-15-17-31(18-16-29)35-13-9-10-14-36(35)40(45)46-41(4,5)6)38-22-21-34(24-37(26)38)39(44)42-27(2)32-20-19-30-11-7-8-12-33(30)23-32;1-18-19(2)30(26-15-14-22(27(31)32)16-25(18)26)17-20-10-12-21(13-11-20)23-8-6-7-9-24(23)28(33)34-29(3,4)5;1-9(13)11-7-6-10-4-2-3-5-12(10)8-11/h7-24,27H,25H2,1-6H3,(H,42,44);6-16H,17H2,1-5H3,(H,31,32);2-9H,13H2,1H3/t27-;;9-/m0.0/s1. The van der Waals surface area contributed by atoms with E-state index < -0.39 is 17.2 Å². The molecule has 0 aliphatic heterocycles. The third-order valence-corrected chi connectivity index (χ3v) is 17.0. The van der Waals surface area contributed by atoms with Crippen LogP contribution in [0.1, 0.15) is 154 Å². The molecule has 0 fully saturated rings. The topological polar surface area (TPSA) is 155 Å². The molecule has 10 aromatic carbocycles. The summed E-state index contributed by atoms with van der Waals surface area (Å²) in [5, 5.41) is 19.4. The Morgan fingerprint density at radius 1 is 0.462 bits per heavy atom. The van der Waals surface area contributed by atoms with E-state index >= 15 is 0 Å². The van der Waals surface area contributed by atoms with Gasteiger partial charge in [-0.05, 0) is 221 Å². The second kappa shape index (κ2) is 27.6. The van der Waals surface area contributed by atoms with Crippen molar-refractivity contribution in [1.82, 2.24) is 14.5 Å². The Labute approximate surface area is 545 Å². The number of hydrogen-bond acceptors (Lipinski definition) is 7. The van der Waals surface area contributed by atoms with Crippen LogP contribution >= 0.6 is 0 Å². The fourth-order valence-corrected chi connectivity index (χ4v) is 11.7. The van der Waals surface area contributed by atoms with Crippen LogP contribution in [0.3, 0.4) is 0 Å². The first-order valence-electron chi connectivity index (χ1n) is 31.6. The van der Waals surface area contributed by atoms with Gasteiger partial charge in [0.25, 0.3) is 5.91 Å². The summed E-state index contributed by atoms with van der Waals surface area (Å²) in [5.41, 5.74) is 21.5. The number of aromatic carboxylic acids is 1. The Morgan fingerprint density at radius 2 is 0.849 bits per heavy atom. The minimum Gasteiger partial charge on any atom is -0.478 e. The Bertz CT molecular complexity index is 4750. The smallest absolute Gasteiger partial charge is 0.339 e. The molecule has 11 heteroatoms. The SMILES string of the molecule is C[C@H](N)c1ccc2ccccc2c1.Cc1c(C)n(Cc2ccc(-c3ccccc3C(=O)OC(C)(C)C)cc2)c2ccc(C(=O)N[C@@H](C)c3ccc4ccccc4c3)cc12.Cc1c(C)n(Cc2ccc(-c3ccccc3C(=O)OC(C)(C)C)cc2)c2ccc(C(=O)O)cc12. The second-order valence-electron chi connectivity index (χ2n) is 26.0. The number of ether oxygens (including phenoxy) is 2. The van der Waals surface area contributed by atoms with Gasteiger partial charge in [0.2, 0.25) is 0 Å². The van der Waals surface area contributed by atoms with Crippen LogP contribution in [0.2, 0.25) is 0 Å². The quantitative estimate of drug-likeness (QED) is 0.0964. The number of esters is 2. The molecule has 12 rings (SSSR count). The van der Waals surface area contributed by atoms with E-state index in [4.69, 9.17) is 15.2 Å². The number of fused-ring (bicyclic) bond motifs is 4. The van der Waals surface area contributed by atoms with Gasteiger partial charge < -0.3 is 34.8 Å². The summed E-state index contributed by atoms with van der Waals surface area (Å²) in [6, 6.07) is 72.1. The van der Waals surface area contributed by atoms with E-state index in [2.05, 4.69) is 138 Å². The molecule has 11 nitrogen and oxygen atoms in total. The molecule has 93 heavy (non-hydrogen) atoms. The number of rotatable bonds is 13. The average Bonchev–Trinajstić information content (AvgIpc) is 1.65. The molecule has 0 bridgehead atoms. The molecule has 0 aliphatic carbocycles. The average molecular weight is 1240 g/mol. The zero-order valence-corrected chi connectivity index (χ0v) is 55.2. The Morgan fingerprint density at radius 3 is 1.28 bits per heavy atom. The van der Waals surface area contributed by atoms with E-state index in [1.807, 2.05) is 159 Å². The summed E-state index contributed by atoms with van der Waals surface area (Å²) in [6.07, 6.45) is 0. The largest absolute Gasteiger partial charge is 0.478 e. The number of benzene rings is 10. The summed E-state index contributed by atoms with van der Waals surface area (Å²) < 4.78 is 15.8. The predicted molar refractivity (Wildman–Crippen MR) is 378 cm³/mol. The highest BCUT2D eigenvalue weighted by Gasteiger charge is 2.24. The van der Waals surface area contributed by atoms with Crippen molar-refractivity contribution in [2.45, 2.75) is 119 Å². The van der Waals surface area contributed by atoms with Crippen molar-refractivity contribution in [3.8, 4) is 22.3 Å². The van der Waals surface area contributed by atoms with Gasteiger partial charge in [0.05, 0.1) is 22.7 Å². The number of aromatic nitrogens is 2. The number of aryl methyl sites for hydroxylation is 2. The maximum Gasteiger partial charge on any atom is 0.339 e. The van der Waals surface area contributed by atoms with Crippen molar-refractivity contribution in [2.24, 2.45) is 5.73 Å². The van der Waals surface area contributed by atoms with Crippen molar-refractivity contribution in [3.05, 3.63) is 285 Å². The van der Waals surface area contributed by atoms with E-state index in [0.717, 1.165) is 88.7 Å². The zero-order valence-electron chi connectivity index (χ0n) is 55.2. The normalized spacial score (nSPS) is 12.1. The van der Waals surface area contributed by atoms with Crippen molar-refractivity contribution in [1.29, 1.82) is 0 Å². The van der Waals surface area contributed by atoms with E-state index in [9.17, 15) is 24.3 Å². The van der Waals surface area contributed by atoms with Gasteiger partial charge >= 0.3 is 17.9 Å². The van der Waals surface area contributed by atoms with E-state index in [1.165, 1.54) is 21.7 Å². The summed E-state index contributed by atoms with van der Waals surface area (Å²) in [6.45, 7) is 24.9. The third-order valence-electron chi connectivity index (χ3n) is 17.0. The summed E-state index contributed by atoms with van der Waals surface area (Å²) in [4.78, 5) is 50.4. The molecule has 2 aromatic heterocycles. The number of carboxylic acids is 1. The number of carbonyl (C=O) groups excluding carboxylic acids is 3. The summed E-state index contributed by atoms with van der Waals surface area (Å²) >= 11 is 0. The van der Waals surface area contributed by atoms with Gasteiger partial charge in [-0.2, -0.15) is 0 Å². The lowest BCUT2D eigenvalue weighted by Gasteiger charge is -2.20. The minimum atomic E-state index is -0.922. The molecule has 472 valence electrons. The van der Waals surface area contributed by atoms with Crippen LogP contribution in [0.15, 0.2) is 218 Å². The van der Waals surface area contributed by atoms with E-state index in [-0.39, 0.29) is 29.9 Å². The van der Waals surface area contributed by atoms with Crippen LogP contribution in [0.5, 0.6) is 0 Å². The van der Waals surface area contributed by atoms with Gasteiger partial charge in [0.1, 0.15) is 11.2 Å². The number of amides is 1. The molecule has 1 amide bonds. The molecule has 0 saturated heterocycles. The number of nitrogens with one attached hydrogen (secondary N) is 1. The third kappa shape index (κ3) is 15.4. The molecule has 2 atom stereocenters. The van der Waals surface area contributed by atoms with Crippen molar-refractivity contribution in [2.75, 3.05) is 0 Å². The van der Waals surface area contributed by atoms with E-state index in [0.29, 0.717) is 35.3 Å². The van der Waals surface area contributed by atoms with Crippen LogP contribution in [0.25, 0.3) is 65.6 Å². The number of hydrogen-bond donors (Lipinski definition) is 3. The van der Waals surface area contributed by atoms with Crippen molar-refractivity contribution >= 4 is 67.2 Å². The van der Waals surface area contributed by atoms with Crippen LogP contribution in [0, 0.1) is 27.7 Å². The predicted octanol–water partition coefficient (Wildman–Crippen LogP) is 19.1. The fourth-order valence-electron chi connectivity index (χ4n) is 11.7. The van der Waals surface area contributed by atoms with Gasteiger partial charge in [0.15, 0.2) is 0 Å². The molecule has 2 heterocycles. The monoisotopic (exact) mass is 1230 g/mol. The number of carboxylic acid groups (broad SMARTS) is 1. The summed E-state index contributed by atoms with van der Waals surface area (Å²) in [7, 11) is 0. The number of nitrogens with zero attached hydrogens (tertiary/aromatic N) is 2. The lowest BCUT2D eigenvalue weighted by molar-refractivity contribution is 0.00578. The van der Waals surface area contributed by atoms with Crippen LogP contribution < -0.4 is 11.1 Å². The highest BCUT2D eigenvalue weighted by atomic mass is 16.6. The maximum absolute atomic E-state index is 13.4. The second-order valence-corrected chi connectivity index (χ2v) is 26.0. The Hall–Kier alpha value is -10.4. The maximum atomic E-state index is 13.4. The van der Waals surface area contributed by atoms with Crippen LogP contribution in [-0.2, 0) is 22.6 Å². The fraction of sp³-hybridized carbons (Fsp3) is 0.220. The molecule has 0 saturated carbocycles. The van der Waals surface area contributed by atoms with Crippen LogP contribution in [-0.4, -0.2) is 49.3 Å². The van der Waals surface area contributed by atoms with Gasteiger partial charge in [-0.25, -0.2) is 14.4 Å². The summed E-state index contributed by atoms with van der Waals surface area (Å²) in [5.74, 6) is -1.67.